The van der Waals surface area contributed by atoms with Gasteiger partial charge in [0.25, 0.3) is 0 Å². The number of rotatable bonds is 1. The van der Waals surface area contributed by atoms with Crippen molar-refractivity contribution in [1.82, 2.24) is 10.2 Å². The van der Waals surface area contributed by atoms with E-state index in [0.717, 1.165) is 44.8 Å². The van der Waals surface area contributed by atoms with Gasteiger partial charge in [0.15, 0.2) is 0 Å². The molecular weight excluding hydrogens is 236 g/mol. The van der Waals surface area contributed by atoms with Gasteiger partial charge < -0.3 is 10.2 Å². The van der Waals surface area contributed by atoms with E-state index >= 15 is 0 Å². The van der Waals surface area contributed by atoms with Crippen molar-refractivity contribution in [2.75, 3.05) is 19.6 Å². The van der Waals surface area contributed by atoms with E-state index < -0.39 is 0 Å². The van der Waals surface area contributed by atoms with E-state index in [2.05, 4.69) is 37.9 Å². The molecule has 0 spiro atoms. The van der Waals surface area contributed by atoms with Crippen LogP contribution in [0.2, 0.25) is 0 Å². The minimum absolute atomic E-state index is 0.299. The van der Waals surface area contributed by atoms with Gasteiger partial charge in [0.1, 0.15) is 0 Å². The lowest BCUT2D eigenvalue weighted by Gasteiger charge is -2.43. The molecule has 2 aliphatic heterocycles. The Morgan fingerprint density at radius 2 is 1.84 bits per heavy atom. The van der Waals surface area contributed by atoms with Gasteiger partial charge in [-0.2, -0.15) is 0 Å². The Bertz CT molecular complexity index is 318. The van der Waals surface area contributed by atoms with Crippen LogP contribution in [0, 0.1) is 11.3 Å². The summed E-state index contributed by atoms with van der Waals surface area (Å²) in [7, 11) is 0. The van der Waals surface area contributed by atoms with Crippen molar-refractivity contribution < 1.29 is 4.79 Å². The maximum atomic E-state index is 12.7. The molecule has 2 aliphatic rings. The highest BCUT2D eigenvalue weighted by molar-refractivity contribution is 5.86. The summed E-state index contributed by atoms with van der Waals surface area (Å²) in [6.07, 6.45) is 5.68. The van der Waals surface area contributed by atoms with E-state index in [9.17, 15) is 4.79 Å². The van der Waals surface area contributed by atoms with Crippen molar-refractivity contribution in [2.24, 2.45) is 11.3 Å². The summed E-state index contributed by atoms with van der Waals surface area (Å²) in [4.78, 5) is 14.8. The lowest BCUT2D eigenvalue weighted by molar-refractivity contribution is -0.140. The van der Waals surface area contributed by atoms with E-state index in [1.807, 2.05) is 0 Å². The summed E-state index contributed by atoms with van der Waals surface area (Å²) in [6, 6.07) is 0. The van der Waals surface area contributed by atoms with Gasteiger partial charge in [0.05, 0.1) is 5.54 Å². The van der Waals surface area contributed by atoms with Crippen LogP contribution >= 0.6 is 0 Å². The number of carbonyl (C=O) groups is 1. The predicted octanol–water partition coefficient (Wildman–Crippen LogP) is 2.80. The Labute approximate surface area is 118 Å². The fraction of sp³-hybridized carbons (Fsp3) is 0.938. The van der Waals surface area contributed by atoms with Crippen LogP contribution in [0.25, 0.3) is 0 Å². The van der Waals surface area contributed by atoms with Gasteiger partial charge in [-0.3, -0.25) is 4.79 Å². The van der Waals surface area contributed by atoms with Gasteiger partial charge >= 0.3 is 0 Å². The third-order valence-corrected chi connectivity index (χ3v) is 5.10. The molecule has 0 bridgehead atoms. The monoisotopic (exact) mass is 266 g/mol. The number of hydrogen-bond acceptors (Lipinski definition) is 2. The lowest BCUT2D eigenvalue weighted by Crippen LogP contribution is -2.59. The number of carbonyl (C=O) groups excluding carboxylic acids is 1. The van der Waals surface area contributed by atoms with Crippen molar-refractivity contribution >= 4 is 5.91 Å². The topological polar surface area (TPSA) is 32.3 Å². The zero-order valence-corrected chi connectivity index (χ0v) is 13.1. The summed E-state index contributed by atoms with van der Waals surface area (Å²) >= 11 is 0. The van der Waals surface area contributed by atoms with E-state index in [4.69, 9.17) is 0 Å². The Hall–Kier alpha value is -0.570. The first-order chi connectivity index (χ1) is 8.83. The summed E-state index contributed by atoms with van der Waals surface area (Å²) < 4.78 is 0. The zero-order valence-electron chi connectivity index (χ0n) is 13.1. The molecule has 0 aromatic heterocycles. The third kappa shape index (κ3) is 3.31. The molecule has 1 atom stereocenters. The molecule has 110 valence electrons. The second-order valence-corrected chi connectivity index (χ2v) is 7.65. The Balaban J connectivity index is 1.92. The molecule has 0 saturated carbocycles. The van der Waals surface area contributed by atoms with Gasteiger partial charge in [-0.25, -0.2) is 0 Å². The highest BCUT2D eigenvalue weighted by Gasteiger charge is 2.39. The molecule has 2 heterocycles. The lowest BCUT2D eigenvalue weighted by atomic mass is 9.75. The van der Waals surface area contributed by atoms with Crippen molar-refractivity contribution in [3.8, 4) is 0 Å². The molecule has 2 fully saturated rings. The smallest absolute Gasteiger partial charge is 0.242 e. The van der Waals surface area contributed by atoms with Gasteiger partial charge in [0, 0.05) is 13.1 Å². The van der Waals surface area contributed by atoms with Crippen LogP contribution in [0.15, 0.2) is 0 Å². The highest BCUT2D eigenvalue weighted by Crippen LogP contribution is 2.35. The molecule has 19 heavy (non-hydrogen) atoms. The SMILES string of the molecule is CC1(C(=O)N2CCC(C(C)(C)C)CC2)CCCCN1. The van der Waals surface area contributed by atoms with E-state index in [1.165, 1.54) is 12.8 Å². The van der Waals surface area contributed by atoms with E-state index in [1.54, 1.807) is 0 Å². The second kappa shape index (κ2) is 5.43. The highest BCUT2D eigenvalue weighted by atomic mass is 16.2. The molecule has 2 rings (SSSR count). The molecule has 1 unspecified atom stereocenters. The van der Waals surface area contributed by atoms with Gasteiger partial charge in [-0.05, 0) is 56.9 Å². The summed E-state index contributed by atoms with van der Waals surface area (Å²) in [5.74, 6) is 1.09. The summed E-state index contributed by atoms with van der Waals surface area (Å²) in [5.41, 5.74) is 0.0783. The van der Waals surface area contributed by atoms with E-state index in [0.29, 0.717) is 11.3 Å². The van der Waals surface area contributed by atoms with Crippen molar-refractivity contribution in [3.63, 3.8) is 0 Å². The summed E-state index contributed by atoms with van der Waals surface area (Å²) in [6.45, 7) is 11.9. The van der Waals surface area contributed by atoms with Gasteiger partial charge in [-0.15, -0.1) is 0 Å². The van der Waals surface area contributed by atoms with Crippen LogP contribution in [0.5, 0.6) is 0 Å². The molecule has 1 N–H and O–H groups in total. The molecule has 0 radical (unpaired) electrons. The van der Waals surface area contributed by atoms with Gasteiger partial charge in [-0.1, -0.05) is 20.8 Å². The molecule has 3 nitrogen and oxygen atoms in total. The van der Waals surface area contributed by atoms with Crippen molar-refractivity contribution in [1.29, 1.82) is 0 Å². The van der Waals surface area contributed by atoms with Crippen LogP contribution in [-0.4, -0.2) is 36.0 Å². The van der Waals surface area contributed by atoms with Crippen LogP contribution in [0.3, 0.4) is 0 Å². The van der Waals surface area contributed by atoms with Crippen LogP contribution < -0.4 is 5.32 Å². The fourth-order valence-corrected chi connectivity index (χ4v) is 3.54. The van der Waals surface area contributed by atoms with Crippen LogP contribution in [0.1, 0.15) is 59.8 Å². The number of amides is 1. The second-order valence-electron chi connectivity index (χ2n) is 7.65. The average molecular weight is 266 g/mol. The molecule has 1 amide bonds. The molecule has 3 heteroatoms. The fourth-order valence-electron chi connectivity index (χ4n) is 3.54. The van der Waals surface area contributed by atoms with Crippen LogP contribution in [-0.2, 0) is 4.79 Å². The first-order valence-electron chi connectivity index (χ1n) is 7.87. The maximum absolute atomic E-state index is 12.7. The standard InChI is InChI=1S/C16H30N2O/c1-15(2,3)13-7-11-18(12-8-13)14(19)16(4)9-5-6-10-17-16/h13,17H,5-12H2,1-4H3. The molecule has 0 aromatic carbocycles. The van der Waals surface area contributed by atoms with Crippen molar-refractivity contribution in [3.05, 3.63) is 0 Å². The predicted molar refractivity (Wildman–Crippen MR) is 79.0 cm³/mol. The van der Waals surface area contributed by atoms with Gasteiger partial charge in [0.2, 0.25) is 5.91 Å². The first-order valence-corrected chi connectivity index (χ1v) is 7.87. The van der Waals surface area contributed by atoms with Crippen molar-refractivity contribution in [2.45, 2.75) is 65.3 Å². The molecule has 2 saturated heterocycles. The normalized spacial score (nSPS) is 30.4. The first kappa shape index (κ1) is 14.8. The number of likely N-dealkylation sites (tertiary alicyclic amines) is 1. The Morgan fingerprint density at radius 3 is 2.32 bits per heavy atom. The van der Waals surface area contributed by atoms with E-state index in [-0.39, 0.29) is 5.54 Å². The molecular formula is C16H30N2O. The Morgan fingerprint density at radius 1 is 1.21 bits per heavy atom. The number of hydrogen-bond donors (Lipinski definition) is 1. The zero-order chi connectivity index (χ0) is 14.1. The third-order valence-electron chi connectivity index (χ3n) is 5.10. The number of piperidine rings is 2. The quantitative estimate of drug-likeness (QED) is 0.791. The minimum atomic E-state index is -0.299. The Kier molecular flexibility index (Phi) is 4.24. The number of nitrogens with one attached hydrogen (secondary N) is 1. The average Bonchev–Trinajstić information content (AvgIpc) is 2.38. The maximum Gasteiger partial charge on any atom is 0.242 e. The minimum Gasteiger partial charge on any atom is -0.341 e. The largest absolute Gasteiger partial charge is 0.341 e. The number of nitrogens with zero attached hydrogens (tertiary/aromatic N) is 1. The molecule has 0 aromatic rings. The molecule has 0 aliphatic carbocycles. The van der Waals surface area contributed by atoms with Crippen LogP contribution in [0.4, 0.5) is 0 Å². The summed E-state index contributed by atoms with van der Waals surface area (Å²) in [5, 5.41) is 3.44.